The molecule has 0 atom stereocenters. The molecule has 0 bridgehead atoms. The van der Waals surface area contributed by atoms with E-state index in [4.69, 9.17) is 4.74 Å². The van der Waals surface area contributed by atoms with E-state index in [0.717, 1.165) is 11.6 Å². The summed E-state index contributed by atoms with van der Waals surface area (Å²) in [7, 11) is 0. The van der Waals surface area contributed by atoms with Crippen molar-refractivity contribution in [1.82, 2.24) is 0 Å². The van der Waals surface area contributed by atoms with Crippen molar-refractivity contribution in [3.05, 3.63) is 82.9 Å². The third-order valence-electron chi connectivity index (χ3n) is 5.91. The zero-order valence-corrected chi connectivity index (χ0v) is 19.6. The molecule has 0 saturated carbocycles. The van der Waals surface area contributed by atoms with Crippen LogP contribution in [0.15, 0.2) is 60.7 Å². The lowest BCUT2D eigenvalue weighted by molar-refractivity contribution is 0.357. The molecular weight excluding hydrogens is 480 g/mol. The minimum atomic E-state index is -0.611. The molecular formula is C28H26O9. The molecule has 0 aliphatic carbocycles. The maximum absolute atomic E-state index is 10.5. The second-order valence-corrected chi connectivity index (χ2v) is 8.67. The highest BCUT2D eigenvalue weighted by Gasteiger charge is 2.17. The van der Waals surface area contributed by atoms with Gasteiger partial charge in [-0.25, -0.2) is 0 Å². The van der Waals surface area contributed by atoms with Crippen molar-refractivity contribution in [3.63, 3.8) is 0 Å². The fourth-order valence-electron chi connectivity index (χ4n) is 3.98. The number of phenolic OH excluding ortho intramolecular Hbond substituents is 8. The second kappa shape index (κ2) is 10.4. The number of ether oxygens (including phenoxy) is 1. The number of benzene rings is 4. The Hall–Kier alpha value is -4.92. The van der Waals surface area contributed by atoms with Crippen LogP contribution in [0.3, 0.4) is 0 Å². The van der Waals surface area contributed by atoms with Crippen molar-refractivity contribution in [2.45, 2.75) is 25.7 Å². The maximum Gasteiger partial charge on any atom is 0.210 e. The van der Waals surface area contributed by atoms with E-state index in [9.17, 15) is 40.9 Å². The van der Waals surface area contributed by atoms with Gasteiger partial charge in [0.25, 0.3) is 0 Å². The Morgan fingerprint density at radius 1 is 0.486 bits per heavy atom. The van der Waals surface area contributed by atoms with Crippen molar-refractivity contribution in [3.8, 4) is 57.5 Å². The van der Waals surface area contributed by atoms with Crippen LogP contribution in [0.25, 0.3) is 0 Å². The van der Waals surface area contributed by atoms with Crippen LogP contribution < -0.4 is 4.74 Å². The molecule has 0 aliphatic heterocycles. The van der Waals surface area contributed by atoms with Crippen LogP contribution in [0, 0.1) is 0 Å². The summed E-state index contributed by atoms with van der Waals surface area (Å²) in [5, 5.41) is 79.9. The van der Waals surface area contributed by atoms with Gasteiger partial charge in [0.15, 0.2) is 40.2 Å². The Morgan fingerprint density at radius 2 is 1.05 bits per heavy atom. The molecule has 0 amide bonds. The molecule has 0 fully saturated rings. The minimum Gasteiger partial charge on any atom is -0.508 e. The van der Waals surface area contributed by atoms with Gasteiger partial charge in [0, 0.05) is 6.07 Å². The summed E-state index contributed by atoms with van der Waals surface area (Å²) in [6, 6.07) is 14.6. The summed E-state index contributed by atoms with van der Waals surface area (Å²) in [6.07, 6.45) is 1.50. The molecule has 4 aromatic carbocycles. The van der Waals surface area contributed by atoms with Gasteiger partial charge in [0.05, 0.1) is 0 Å². The van der Waals surface area contributed by atoms with Gasteiger partial charge in [-0.2, -0.15) is 0 Å². The van der Waals surface area contributed by atoms with Gasteiger partial charge in [0.1, 0.15) is 11.5 Å². The summed E-state index contributed by atoms with van der Waals surface area (Å²) in [5.41, 5.74) is 2.35. The van der Waals surface area contributed by atoms with Crippen molar-refractivity contribution in [2.24, 2.45) is 0 Å². The molecule has 192 valence electrons. The molecule has 4 rings (SSSR count). The summed E-state index contributed by atoms with van der Waals surface area (Å²) in [4.78, 5) is 0. The lowest BCUT2D eigenvalue weighted by Gasteiger charge is -2.14. The fraction of sp³-hybridized carbons (Fsp3) is 0.143. The fourth-order valence-corrected chi connectivity index (χ4v) is 3.98. The molecule has 0 aromatic heterocycles. The lowest BCUT2D eigenvalue weighted by atomic mass is 10.0. The predicted molar refractivity (Wildman–Crippen MR) is 134 cm³/mol. The third kappa shape index (κ3) is 5.84. The molecule has 0 saturated heterocycles. The van der Waals surface area contributed by atoms with E-state index in [1.54, 1.807) is 18.2 Å². The average Bonchev–Trinajstić information content (AvgIpc) is 2.84. The smallest absolute Gasteiger partial charge is 0.210 e. The first-order valence-electron chi connectivity index (χ1n) is 11.4. The molecule has 0 aliphatic rings. The van der Waals surface area contributed by atoms with E-state index in [1.807, 2.05) is 6.07 Å². The van der Waals surface area contributed by atoms with Crippen LogP contribution in [0.1, 0.15) is 22.3 Å². The van der Waals surface area contributed by atoms with Gasteiger partial charge in [-0.1, -0.05) is 12.1 Å². The number of hydrogen-bond donors (Lipinski definition) is 8. The number of aryl methyl sites for hydroxylation is 4. The van der Waals surface area contributed by atoms with Crippen LogP contribution >= 0.6 is 0 Å². The van der Waals surface area contributed by atoms with Crippen molar-refractivity contribution < 1.29 is 45.6 Å². The standard InChI is InChI=1S/C28H26O9/c29-19-3-1-2-15(8-19)6-7-18-13-26(21(31)14-20(18)30)37-28-24(34)11-17(12-25(28)35)5-4-16-9-22(32)27(36)23(33)10-16/h1-3,8-14,29-36H,4-7H2. The summed E-state index contributed by atoms with van der Waals surface area (Å²) in [5.74, 6) is -3.10. The normalized spacial score (nSPS) is 10.9. The van der Waals surface area contributed by atoms with Crippen LogP contribution in [-0.4, -0.2) is 40.9 Å². The lowest BCUT2D eigenvalue weighted by Crippen LogP contribution is -1.95. The largest absolute Gasteiger partial charge is 0.508 e. The van der Waals surface area contributed by atoms with E-state index in [-0.39, 0.29) is 34.5 Å². The maximum atomic E-state index is 10.5. The number of phenols is 8. The van der Waals surface area contributed by atoms with Gasteiger partial charge in [-0.15, -0.1) is 0 Å². The van der Waals surface area contributed by atoms with Gasteiger partial charge < -0.3 is 45.6 Å². The minimum absolute atomic E-state index is 0.0860. The molecule has 0 heterocycles. The van der Waals surface area contributed by atoms with E-state index < -0.39 is 23.0 Å². The Bertz CT molecular complexity index is 1400. The monoisotopic (exact) mass is 506 g/mol. The van der Waals surface area contributed by atoms with E-state index in [2.05, 4.69) is 0 Å². The quantitative estimate of drug-likeness (QED) is 0.158. The zero-order valence-electron chi connectivity index (χ0n) is 19.6. The Kier molecular flexibility index (Phi) is 7.06. The highest BCUT2D eigenvalue weighted by Crippen LogP contribution is 2.44. The number of rotatable bonds is 8. The molecule has 9 heteroatoms. The van der Waals surface area contributed by atoms with Gasteiger partial charge in [-0.05, 0) is 90.4 Å². The van der Waals surface area contributed by atoms with Crippen LogP contribution in [0.5, 0.6) is 57.5 Å². The van der Waals surface area contributed by atoms with Gasteiger partial charge in [0.2, 0.25) is 5.75 Å². The molecule has 37 heavy (non-hydrogen) atoms. The Labute approximate surface area is 212 Å². The number of aromatic hydroxyl groups is 8. The molecule has 0 spiro atoms. The predicted octanol–water partition coefficient (Wildman–Crippen LogP) is 4.69. The second-order valence-electron chi connectivity index (χ2n) is 8.67. The molecule has 0 radical (unpaired) electrons. The van der Waals surface area contributed by atoms with Gasteiger partial charge in [-0.3, -0.25) is 0 Å². The molecule has 8 N–H and O–H groups in total. The van der Waals surface area contributed by atoms with Crippen LogP contribution in [0.4, 0.5) is 0 Å². The summed E-state index contributed by atoms with van der Waals surface area (Å²) < 4.78 is 5.60. The van der Waals surface area contributed by atoms with Crippen LogP contribution in [-0.2, 0) is 25.7 Å². The third-order valence-corrected chi connectivity index (χ3v) is 5.91. The Balaban J connectivity index is 1.50. The summed E-state index contributed by atoms with van der Waals surface area (Å²) in [6.45, 7) is 0. The zero-order chi connectivity index (χ0) is 26.7. The van der Waals surface area contributed by atoms with Crippen molar-refractivity contribution in [2.75, 3.05) is 0 Å². The average molecular weight is 507 g/mol. The van der Waals surface area contributed by atoms with E-state index >= 15 is 0 Å². The number of hydrogen-bond acceptors (Lipinski definition) is 9. The summed E-state index contributed by atoms with van der Waals surface area (Å²) >= 11 is 0. The first-order valence-corrected chi connectivity index (χ1v) is 11.4. The van der Waals surface area contributed by atoms with Crippen LogP contribution in [0.2, 0.25) is 0 Å². The highest BCUT2D eigenvalue weighted by molar-refractivity contribution is 5.57. The Morgan fingerprint density at radius 3 is 1.65 bits per heavy atom. The topological polar surface area (TPSA) is 171 Å². The van der Waals surface area contributed by atoms with Gasteiger partial charge >= 0.3 is 0 Å². The first kappa shape index (κ1) is 25.2. The van der Waals surface area contributed by atoms with Crippen molar-refractivity contribution >= 4 is 0 Å². The first-order chi connectivity index (χ1) is 17.6. The van der Waals surface area contributed by atoms with E-state index in [0.29, 0.717) is 42.4 Å². The molecule has 0 unspecified atom stereocenters. The van der Waals surface area contributed by atoms with E-state index in [1.165, 1.54) is 30.3 Å². The molecule has 9 nitrogen and oxygen atoms in total. The SMILES string of the molecule is Oc1cccc(CCc2cc(Oc3c(O)cc(CCc4cc(O)c(O)c(O)c4)cc3O)c(O)cc2O)c1. The highest BCUT2D eigenvalue weighted by atomic mass is 16.5. The molecule has 4 aromatic rings. The van der Waals surface area contributed by atoms with Crippen molar-refractivity contribution in [1.29, 1.82) is 0 Å².